The van der Waals surface area contributed by atoms with Crippen molar-refractivity contribution in [2.24, 2.45) is 0 Å². The Morgan fingerprint density at radius 1 is 1.11 bits per heavy atom. The van der Waals surface area contributed by atoms with Crippen LogP contribution in [0, 0.1) is 13.8 Å². The van der Waals surface area contributed by atoms with Gasteiger partial charge in [0.1, 0.15) is 5.82 Å². The lowest BCUT2D eigenvalue weighted by atomic mass is 10.2. The third kappa shape index (κ3) is 2.79. The first-order valence-electron chi connectivity index (χ1n) is 6.49. The Bertz CT molecular complexity index is 500. The highest BCUT2D eigenvalue weighted by Gasteiger charge is 2.08. The summed E-state index contributed by atoms with van der Waals surface area (Å²) in [5.41, 5.74) is 3.71. The second kappa shape index (κ2) is 5.83. The normalized spacial score (nSPS) is 10.8. The SMILES string of the molecule is CCn1c(CNCc2ccccc2)nc(C)c1C. The first-order chi connectivity index (χ1) is 8.72. The van der Waals surface area contributed by atoms with Gasteiger partial charge in [0, 0.05) is 18.8 Å². The molecule has 0 aliphatic carbocycles. The first kappa shape index (κ1) is 12.8. The number of hydrogen-bond acceptors (Lipinski definition) is 2. The second-order valence-electron chi connectivity index (χ2n) is 4.53. The molecule has 0 aliphatic heterocycles. The van der Waals surface area contributed by atoms with Gasteiger partial charge in [-0.25, -0.2) is 4.98 Å². The van der Waals surface area contributed by atoms with Crippen LogP contribution in [-0.2, 0) is 19.6 Å². The zero-order chi connectivity index (χ0) is 13.0. The van der Waals surface area contributed by atoms with Crippen LogP contribution in [0.15, 0.2) is 30.3 Å². The molecule has 0 bridgehead atoms. The highest BCUT2D eigenvalue weighted by atomic mass is 15.1. The lowest BCUT2D eigenvalue weighted by Crippen LogP contribution is -2.16. The Hall–Kier alpha value is -1.61. The summed E-state index contributed by atoms with van der Waals surface area (Å²) in [5, 5.41) is 3.45. The van der Waals surface area contributed by atoms with Crippen LogP contribution in [-0.4, -0.2) is 9.55 Å². The largest absolute Gasteiger partial charge is 0.331 e. The summed E-state index contributed by atoms with van der Waals surface area (Å²) in [7, 11) is 0. The molecule has 0 atom stereocenters. The summed E-state index contributed by atoms with van der Waals surface area (Å²) >= 11 is 0. The maximum Gasteiger partial charge on any atom is 0.123 e. The minimum atomic E-state index is 0.817. The van der Waals surface area contributed by atoms with Crippen LogP contribution in [0.4, 0.5) is 0 Å². The standard InChI is InChI=1S/C15H21N3/c1-4-18-13(3)12(2)17-15(18)11-16-10-14-8-6-5-7-9-14/h5-9,16H,4,10-11H2,1-3H3. The summed E-state index contributed by atoms with van der Waals surface area (Å²) in [4.78, 5) is 4.61. The topological polar surface area (TPSA) is 29.9 Å². The molecule has 0 saturated heterocycles. The van der Waals surface area contributed by atoms with E-state index in [9.17, 15) is 0 Å². The van der Waals surface area contributed by atoms with Gasteiger partial charge in [0.25, 0.3) is 0 Å². The Labute approximate surface area is 109 Å². The van der Waals surface area contributed by atoms with Crippen LogP contribution >= 0.6 is 0 Å². The lowest BCUT2D eigenvalue weighted by Gasteiger charge is -2.08. The lowest BCUT2D eigenvalue weighted by molar-refractivity contribution is 0.606. The van der Waals surface area contributed by atoms with Gasteiger partial charge in [0.05, 0.1) is 12.2 Å². The van der Waals surface area contributed by atoms with Gasteiger partial charge in [-0.2, -0.15) is 0 Å². The Morgan fingerprint density at radius 3 is 2.50 bits per heavy atom. The predicted octanol–water partition coefficient (Wildman–Crippen LogP) is 2.81. The van der Waals surface area contributed by atoms with E-state index in [0.717, 1.165) is 31.2 Å². The van der Waals surface area contributed by atoms with Crippen molar-refractivity contribution in [3.63, 3.8) is 0 Å². The van der Waals surface area contributed by atoms with Crippen LogP contribution in [0.25, 0.3) is 0 Å². The van der Waals surface area contributed by atoms with Gasteiger partial charge in [0.15, 0.2) is 0 Å². The highest BCUT2D eigenvalue weighted by molar-refractivity contribution is 5.16. The summed E-state index contributed by atoms with van der Waals surface area (Å²) in [6, 6.07) is 10.4. The molecule has 3 nitrogen and oxygen atoms in total. The fraction of sp³-hybridized carbons (Fsp3) is 0.400. The van der Waals surface area contributed by atoms with Crippen molar-refractivity contribution in [2.75, 3.05) is 0 Å². The zero-order valence-corrected chi connectivity index (χ0v) is 11.4. The van der Waals surface area contributed by atoms with Gasteiger partial charge in [-0.15, -0.1) is 0 Å². The molecule has 0 unspecified atom stereocenters. The van der Waals surface area contributed by atoms with Gasteiger partial charge in [-0.1, -0.05) is 30.3 Å². The molecule has 0 radical (unpaired) electrons. The van der Waals surface area contributed by atoms with E-state index in [1.807, 2.05) is 6.07 Å². The van der Waals surface area contributed by atoms with Crippen molar-refractivity contribution in [1.29, 1.82) is 0 Å². The van der Waals surface area contributed by atoms with E-state index in [4.69, 9.17) is 0 Å². The quantitative estimate of drug-likeness (QED) is 0.875. The molecule has 1 aromatic heterocycles. The summed E-state index contributed by atoms with van der Waals surface area (Å²) < 4.78 is 2.27. The van der Waals surface area contributed by atoms with Gasteiger partial charge < -0.3 is 9.88 Å². The number of aromatic nitrogens is 2. The van der Waals surface area contributed by atoms with E-state index < -0.39 is 0 Å². The number of hydrogen-bond donors (Lipinski definition) is 1. The smallest absolute Gasteiger partial charge is 0.123 e. The minimum absolute atomic E-state index is 0.817. The molecule has 2 aromatic rings. The van der Waals surface area contributed by atoms with Crippen LogP contribution in [0.5, 0.6) is 0 Å². The summed E-state index contributed by atoms with van der Waals surface area (Å²) in [5.74, 6) is 1.13. The zero-order valence-electron chi connectivity index (χ0n) is 11.4. The molecule has 1 aromatic carbocycles. The molecule has 0 aliphatic rings. The van der Waals surface area contributed by atoms with Gasteiger partial charge in [0.2, 0.25) is 0 Å². The molecule has 0 amide bonds. The predicted molar refractivity (Wildman–Crippen MR) is 74.4 cm³/mol. The number of benzene rings is 1. The second-order valence-corrected chi connectivity index (χ2v) is 4.53. The van der Waals surface area contributed by atoms with Crippen molar-refractivity contribution >= 4 is 0 Å². The number of nitrogens with one attached hydrogen (secondary N) is 1. The maximum absolute atomic E-state index is 4.61. The van der Waals surface area contributed by atoms with Crippen molar-refractivity contribution in [2.45, 2.75) is 40.4 Å². The Kier molecular flexibility index (Phi) is 4.15. The fourth-order valence-corrected chi connectivity index (χ4v) is 2.19. The van der Waals surface area contributed by atoms with Crippen molar-refractivity contribution < 1.29 is 0 Å². The molecular weight excluding hydrogens is 222 g/mol. The number of aryl methyl sites for hydroxylation is 1. The molecule has 96 valence electrons. The van der Waals surface area contributed by atoms with Crippen molar-refractivity contribution in [3.05, 3.63) is 53.1 Å². The van der Waals surface area contributed by atoms with E-state index >= 15 is 0 Å². The van der Waals surface area contributed by atoms with E-state index in [1.54, 1.807) is 0 Å². The first-order valence-corrected chi connectivity index (χ1v) is 6.49. The monoisotopic (exact) mass is 243 g/mol. The Morgan fingerprint density at radius 2 is 1.83 bits per heavy atom. The van der Waals surface area contributed by atoms with E-state index in [-0.39, 0.29) is 0 Å². The maximum atomic E-state index is 4.61. The van der Waals surface area contributed by atoms with Crippen LogP contribution in [0.3, 0.4) is 0 Å². The summed E-state index contributed by atoms with van der Waals surface area (Å²) in [6.45, 7) is 9.05. The number of rotatable bonds is 5. The molecule has 0 fully saturated rings. The van der Waals surface area contributed by atoms with Crippen LogP contribution in [0.2, 0.25) is 0 Å². The molecular formula is C15H21N3. The summed E-state index contributed by atoms with van der Waals surface area (Å²) in [6.07, 6.45) is 0. The molecule has 3 heteroatoms. The van der Waals surface area contributed by atoms with Crippen LogP contribution < -0.4 is 5.32 Å². The fourth-order valence-electron chi connectivity index (χ4n) is 2.19. The number of nitrogens with zero attached hydrogens (tertiary/aromatic N) is 2. The molecule has 0 spiro atoms. The average Bonchev–Trinajstić information content (AvgIpc) is 2.66. The van der Waals surface area contributed by atoms with Gasteiger partial charge in [-0.3, -0.25) is 0 Å². The third-order valence-electron chi connectivity index (χ3n) is 3.31. The average molecular weight is 243 g/mol. The molecule has 1 N–H and O–H groups in total. The Balaban J connectivity index is 1.96. The van der Waals surface area contributed by atoms with Crippen LogP contribution in [0.1, 0.15) is 29.7 Å². The van der Waals surface area contributed by atoms with E-state index in [2.05, 4.69) is 59.9 Å². The van der Waals surface area contributed by atoms with Crippen molar-refractivity contribution in [3.8, 4) is 0 Å². The molecule has 0 saturated carbocycles. The molecule has 18 heavy (non-hydrogen) atoms. The molecule has 1 heterocycles. The van der Waals surface area contributed by atoms with Gasteiger partial charge in [-0.05, 0) is 26.3 Å². The van der Waals surface area contributed by atoms with E-state index in [0.29, 0.717) is 0 Å². The van der Waals surface area contributed by atoms with E-state index in [1.165, 1.54) is 11.3 Å². The third-order valence-corrected chi connectivity index (χ3v) is 3.31. The van der Waals surface area contributed by atoms with Crippen molar-refractivity contribution in [1.82, 2.24) is 14.9 Å². The van der Waals surface area contributed by atoms with Gasteiger partial charge >= 0.3 is 0 Å². The highest BCUT2D eigenvalue weighted by Crippen LogP contribution is 2.10. The minimum Gasteiger partial charge on any atom is -0.331 e. The number of imidazole rings is 1. The molecule has 2 rings (SSSR count).